The quantitative estimate of drug-likeness (QED) is 0.0848. The van der Waals surface area contributed by atoms with Crippen LogP contribution in [0.25, 0.3) is 17.2 Å². The summed E-state index contributed by atoms with van der Waals surface area (Å²) in [7, 11) is 0. The van der Waals surface area contributed by atoms with Crippen molar-refractivity contribution >= 4 is 34.5 Å². The first-order chi connectivity index (χ1) is 24.5. The van der Waals surface area contributed by atoms with E-state index < -0.39 is 11.2 Å². The van der Waals surface area contributed by atoms with Crippen molar-refractivity contribution in [2.24, 2.45) is 5.92 Å². The molecule has 1 aromatic heterocycles. The minimum absolute atomic E-state index is 0.105. The molecule has 1 fully saturated rings. The van der Waals surface area contributed by atoms with Crippen molar-refractivity contribution in [3.05, 3.63) is 95.6 Å². The van der Waals surface area contributed by atoms with Gasteiger partial charge in [0.15, 0.2) is 10.6 Å². The van der Waals surface area contributed by atoms with Crippen LogP contribution in [0.3, 0.4) is 0 Å². The van der Waals surface area contributed by atoms with Gasteiger partial charge in [0.05, 0.1) is 18.5 Å². The Balaban J connectivity index is 1.14. The van der Waals surface area contributed by atoms with Crippen LogP contribution in [-0.4, -0.2) is 53.3 Å². The topological polar surface area (TPSA) is 103 Å². The second kappa shape index (κ2) is 17.7. The van der Waals surface area contributed by atoms with Crippen LogP contribution in [0, 0.1) is 5.92 Å². The summed E-state index contributed by atoms with van der Waals surface area (Å²) in [4.78, 5) is 24.6. The van der Waals surface area contributed by atoms with Gasteiger partial charge in [-0.2, -0.15) is 0 Å². The van der Waals surface area contributed by atoms with Gasteiger partial charge in [0, 0.05) is 43.1 Å². The molecule has 1 unspecified atom stereocenters. The zero-order valence-electron chi connectivity index (χ0n) is 29.4. The number of hydrogen-bond acceptors (Lipinski definition) is 6. The number of unbranched alkanes of at least 4 members (excludes halogenated alkanes) is 1. The summed E-state index contributed by atoms with van der Waals surface area (Å²) in [6.07, 6.45) is 12.1. The molecular weight excluding hydrogens is 645 g/mol. The van der Waals surface area contributed by atoms with E-state index >= 15 is 0 Å². The highest BCUT2D eigenvalue weighted by Gasteiger charge is 2.27. The molecule has 1 aliphatic heterocycles. The third-order valence-corrected chi connectivity index (χ3v) is 10.6. The molecule has 264 valence electrons. The van der Waals surface area contributed by atoms with Crippen molar-refractivity contribution in [3.8, 4) is 16.9 Å². The van der Waals surface area contributed by atoms with Gasteiger partial charge in [0.1, 0.15) is 18.2 Å². The summed E-state index contributed by atoms with van der Waals surface area (Å²) in [5.41, 5.74) is 6.74. The molecule has 0 bridgehead atoms. The molecule has 1 atom stereocenters. The first-order valence-corrected chi connectivity index (χ1v) is 19.5. The normalized spacial score (nSPS) is 15.1. The molecule has 3 aromatic carbocycles. The first kappa shape index (κ1) is 35.8. The SMILES string of the molecule is CCCCOCCOc1ccc(-c2ccc3c(c2)C=C(C(=O)Nc2ccc([S+]([O-])Cc4cnc(CCC)[nH]4)cc2)CCCN3CC2CC2)cc1. The van der Waals surface area contributed by atoms with Gasteiger partial charge >= 0.3 is 0 Å². The van der Waals surface area contributed by atoms with E-state index in [1.807, 2.05) is 36.4 Å². The fourth-order valence-corrected chi connectivity index (χ4v) is 7.27. The number of aromatic nitrogens is 2. The second-order valence-electron chi connectivity index (χ2n) is 13.3. The van der Waals surface area contributed by atoms with E-state index in [0.29, 0.717) is 36.0 Å². The lowest BCUT2D eigenvalue weighted by Gasteiger charge is -2.29. The number of nitrogens with one attached hydrogen (secondary N) is 2. The van der Waals surface area contributed by atoms with Crippen molar-refractivity contribution in [1.29, 1.82) is 0 Å². The number of aryl methyl sites for hydroxylation is 1. The van der Waals surface area contributed by atoms with E-state index in [2.05, 4.69) is 70.4 Å². The number of anilines is 2. The Labute approximate surface area is 299 Å². The number of fused-ring (bicyclic) bond motifs is 1. The van der Waals surface area contributed by atoms with Gasteiger partial charge < -0.3 is 29.2 Å². The number of amides is 1. The van der Waals surface area contributed by atoms with E-state index in [-0.39, 0.29) is 5.91 Å². The summed E-state index contributed by atoms with van der Waals surface area (Å²) in [6, 6.07) is 22.1. The highest BCUT2D eigenvalue weighted by atomic mass is 32.2. The smallest absolute Gasteiger partial charge is 0.251 e. The Hall–Kier alpha value is -4.05. The van der Waals surface area contributed by atoms with E-state index in [9.17, 15) is 9.35 Å². The van der Waals surface area contributed by atoms with Gasteiger partial charge in [-0.25, -0.2) is 4.98 Å². The predicted octanol–water partition coefficient (Wildman–Crippen LogP) is 8.56. The summed E-state index contributed by atoms with van der Waals surface area (Å²) >= 11 is -1.22. The summed E-state index contributed by atoms with van der Waals surface area (Å²) in [6.45, 7) is 8.13. The number of imidazole rings is 1. The predicted molar refractivity (Wildman–Crippen MR) is 203 cm³/mol. The monoisotopic (exact) mass is 694 g/mol. The van der Waals surface area contributed by atoms with Gasteiger partial charge in [-0.1, -0.05) is 38.5 Å². The zero-order valence-corrected chi connectivity index (χ0v) is 30.2. The van der Waals surface area contributed by atoms with Crippen LogP contribution in [0.1, 0.15) is 75.9 Å². The third kappa shape index (κ3) is 10.0. The van der Waals surface area contributed by atoms with Gasteiger partial charge in [-0.3, -0.25) is 4.79 Å². The van der Waals surface area contributed by atoms with Gasteiger partial charge in [-0.15, -0.1) is 0 Å². The highest BCUT2D eigenvalue weighted by Crippen LogP contribution is 2.37. The van der Waals surface area contributed by atoms with Crippen molar-refractivity contribution in [2.45, 2.75) is 75.9 Å². The molecule has 9 heteroatoms. The number of nitrogens with zero attached hydrogens (tertiary/aromatic N) is 2. The minimum Gasteiger partial charge on any atom is -0.611 e. The van der Waals surface area contributed by atoms with Crippen LogP contribution in [0.15, 0.2) is 83.4 Å². The van der Waals surface area contributed by atoms with Crippen LogP contribution in [0.5, 0.6) is 5.75 Å². The number of benzene rings is 3. The summed E-state index contributed by atoms with van der Waals surface area (Å²) in [5, 5.41) is 3.10. The number of aromatic amines is 1. The maximum atomic E-state index is 13.7. The lowest BCUT2D eigenvalue weighted by molar-refractivity contribution is -0.112. The highest BCUT2D eigenvalue weighted by molar-refractivity contribution is 7.90. The molecule has 1 saturated carbocycles. The number of carbonyl (C=O) groups is 1. The molecule has 2 heterocycles. The molecule has 0 spiro atoms. The van der Waals surface area contributed by atoms with Gasteiger partial charge in [-0.05, 0) is 127 Å². The molecule has 2 N–H and O–H groups in total. The molecule has 4 aromatic rings. The number of H-pyrrole nitrogens is 1. The molecule has 50 heavy (non-hydrogen) atoms. The standard InChI is InChI=1S/C41H50N4O4S/c1-3-5-22-48-23-24-49-37-16-11-31(12-17-37)32-13-20-39-34(25-32)26-33(8-6-21-45(39)28-30-9-10-30)41(46)44-35-14-18-38(19-15-35)50(47)29-36-27-42-40(43-36)7-4-2/h11-20,25-27,30H,3-10,21-24,28-29H2,1-2H3,(H,42,43)(H,44,46). The van der Waals surface area contributed by atoms with Crippen LogP contribution >= 0.6 is 0 Å². The van der Waals surface area contributed by atoms with Crippen molar-refractivity contribution in [3.63, 3.8) is 0 Å². The Morgan fingerprint density at radius 2 is 1.80 bits per heavy atom. The Bertz CT molecular complexity index is 1720. The third-order valence-electron chi connectivity index (χ3n) is 9.20. The van der Waals surface area contributed by atoms with Crippen molar-refractivity contribution in [1.82, 2.24) is 9.97 Å². The molecule has 0 saturated heterocycles. The lowest BCUT2D eigenvalue weighted by Crippen LogP contribution is -2.29. The average Bonchev–Trinajstić information content (AvgIpc) is 3.84. The average molecular weight is 695 g/mol. The summed E-state index contributed by atoms with van der Waals surface area (Å²) in [5.74, 6) is 2.78. The molecule has 0 radical (unpaired) electrons. The number of rotatable bonds is 17. The van der Waals surface area contributed by atoms with Gasteiger partial charge in [0.25, 0.3) is 5.91 Å². The number of carbonyl (C=O) groups excluding carboxylic acids is 1. The Morgan fingerprint density at radius 1 is 1.00 bits per heavy atom. The molecule has 1 amide bonds. The maximum Gasteiger partial charge on any atom is 0.251 e. The van der Waals surface area contributed by atoms with Crippen LogP contribution in [0.2, 0.25) is 0 Å². The van der Waals surface area contributed by atoms with Crippen LogP contribution in [-0.2, 0) is 32.9 Å². The van der Waals surface area contributed by atoms with Crippen molar-refractivity contribution < 1.29 is 18.8 Å². The van der Waals surface area contributed by atoms with Crippen LogP contribution in [0.4, 0.5) is 11.4 Å². The van der Waals surface area contributed by atoms with E-state index in [4.69, 9.17) is 9.47 Å². The fourth-order valence-electron chi connectivity index (χ4n) is 6.24. The minimum atomic E-state index is -1.22. The molecule has 2 aliphatic rings. The molecule has 6 rings (SSSR count). The van der Waals surface area contributed by atoms with E-state index in [1.165, 1.54) is 18.5 Å². The largest absolute Gasteiger partial charge is 0.611 e. The first-order valence-electron chi connectivity index (χ1n) is 18.2. The molecule has 8 nitrogen and oxygen atoms in total. The van der Waals surface area contributed by atoms with Crippen LogP contribution < -0.4 is 15.0 Å². The Kier molecular flexibility index (Phi) is 12.7. The summed E-state index contributed by atoms with van der Waals surface area (Å²) < 4.78 is 24.5. The lowest BCUT2D eigenvalue weighted by atomic mass is 9.96. The maximum absolute atomic E-state index is 13.7. The molecular formula is C41H50N4O4S. The van der Waals surface area contributed by atoms with Crippen molar-refractivity contribution in [2.75, 3.05) is 43.1 Å². The zero-order chi connectivity index (χ0) is 34.7. The Morgan fingerprint density at radius 3 is 2.56 bits per heavy atom. The molecule has 1 aliphatic carbocycles. The number of hydrogen-bond donors (Lipinski definition) is 2. The number of ether oxygens (including phenoxy) is 2. The second-order valence-corrected chi connectivity index (χ2v) is 14.8. The van der Waals surface area contributed by atoms with E-state index in [1.54, 1.807) is 6.20 Å². The fraction of sp³-hybridized carbons (Fsp3) is 0.415. The van der Waals surface area contributed by atoms with Gasteiger partial charge in [0.2, 0.25) is 0 Å². The van der Waals surface area contributed by atoms with E-state index in [0.717, 1.165) is 97.2 Å².